The van der Waals surface area contributed by atoms with Crippen molar-refractivity contribution in [2.75, 3.05) is 7.11 Å². The van der Waals surface area contributed by atoms with Gasteiger partial charge >= 0.3 is 0 Å². The normalized spacial score (nSPS) is 12.3. The largest absolute Gasteiger partial charge is 0.378 e. The second-order valence-corrected chi connectivity index (χ2v) is 4.22. The Labute approximate surface area is 111 Å². The number of nitrogens with zero attached hydrogens (tertiary/aromatic N) is 3. The molecule has 1 unspecified atom stereocenters. The molecule has 1 amide bonds. The molecular weight excluding hydrogens is 246 g/mol. The molecule has 2 N–H and O–H groups in total. The van der Waals surface area contributed by atoms with Crippen LogP contribution in [0.2, 0.25) is 0 Å². The Morgan fingerprint density at radius 3 is 3.16 bits per heavy atom. The lowest BCUT2D eigenvalue weighted by atomic mass is 10.3. The summed E-state index contributed by atoms with van der Waals surface area (Å²) in [5.74, 6) is -0.0686. The summed E-state index contributed by atoms with van der Waals surface area (Å²) in [4.78, 5) is 15.8. The van der Waals surface area contributed by atoms with Gasteiger partial charge in [-0.05, 0) is 13.0 Å². The number of nitrogens with one attached hydrogen (secondary N) is 2. The van der Waals surface area contributed by atoms with Gasteiger partial charge in [-0.1, -0.05) is 0 Å². The molecule has 0 radical (unpaired) electrons. The molecule has 2 heterocycles. The molecule has 7 nitrogen and oxygen atoms in total. The summed E-state index contributed by atoms with van der Waals surface area (Å²) in [6, 6.07) is 1.58. The van der Waals surface area contributed by atoms with Crippen LogP contribution in [0.1, 0.15) is 24.4 Å². The van der Waals surface area contributed by atoms with Crippen molar-refractivity contribution in [1.29, 1.82) is 0 Å². The summed E-state index contributed by atoms with van der Waals surface area (Å²) in [6.07, 6.45) is 5.03. The van der Waals surface area contributed by atoms with Crippen LogP contribution >= 0.6 is 0 Å². The van der Waals surface area contributed by atoms with Gasteiger partial charge in [0.2, 0.25) is 5.91 Å². The maximum atomic E-state index is 11.9. The van der Waals surface area contributed by atoms with Gasteiger partial charge in [0.25, 0.3) is 0 Å². The first-order chi connectivity index (χ1) is 9.20. The minimum Gasteiger partial charge on any atom is -0.378 e. The fourth-order valence-corrected chi connectivity index (χ4v) is 1.69. The van der Waals surface area contributed by atoms with Crippen LogP contribution in [0, 0.1) is 0 Å². The number of hydrogen-bond acceptors (Lipinski definition) is 4. The summed E-state index contributed by atoms with van der Waals surface area (Å²) in [5, 5.41) is 9.76. The fourth-order valence-electron chi connectivity index (χ4n) is 1.69. The minimum absolute atomic E-state index is 0.0686. The van der Waals surface area contributed by atoms with Crippen molar-refractivity contribution in [3.8, 4) is 0 Å². The average Bonchev–Trinajstić information content (AvgIpc) is 3.06. The molecule has 0 aliphatic rings. The molecule has 2 aromatic rings. The molecule has 0 aliphatic carbocycles. The van der Waals surface area contributed by atoms with Crippen LogP contribution in [0.3, 0.4) is 0 Å². The van der Waals surface area contributed by atoms with E-state index in [1.54, 1.807) is 30.4 Å². The first kappa shape index (κ1) is 13.3. The van der Waals surface area contributed by atoms with Gasteiger partial charge in [0.15, 0.2) is 0 Å². The number of aromatic amines is 1. The molecular formula is C12H17N5O2. The lowest BCUT2D eigenvalue weighted by molar-refractivity contribution is -0.124. The van der Waals surface area contributed by atoms with Crippen molar-refractivity contribution < 1.29 is 9.53 Å². The Kier molecular flexibility index (Phi) is 4.30. The second-order valence-electron chi connectivity index (χ2n) is 4.22. The highest BCUT2D eigenvalue weighted by Gasteiger charge is 2.13. The first-order valence-electron chi connectivity index (χ1n) is 5.98. The highest BCUT2D eigenvalue weighted by atomic mass is 16.5. The molecule has 0 aromatic carbocycles. The van der Waals surface area contributed by atoms with E-state index in [0.717, 1.165) is 11.4 Å². The Balaban J connectivity index is 1.85. The van der Waals surface area contributed by atoms with Gasteiger partial charge < -0.3 is 14.6 Å². The number of imidazole rings is 1. The number of carbonyl (C=O) groups is 1. The van der Waals surface area contributed by atoms with Crippen molar-refractivity contribution in [3.05, 3.63) is 36.2 Å². The molecule has 19 heavy (non-hydrogen) atoms. The zero-order valence-corrected chi connectivity index (χ0v) is 11.0. The van der Waals surface area contributed by atoms with Gasteiger partial charge in [0.05, 0.1) is 30.9 Å². The third kappa shape index (κ3) is 3.41. The number of amides is 1. The first-order valence-corrected chi connectivity index (χ1v) is 5.98. The van der Waals surface area contributed by atoms with E-state index in [9.17, 15) is 4.79 Å². The van der Waals surface area contributed by atoms with Crippen LogP contribution in [-0.4, -0.2) is 32.8 Å². The predicted octanol–water partition coefficient (Wildman–Crippen LogP) is 0.630. The third-order valence-corrected chi connectivity index (χ3v) is 2.78. The van der Waals surface area contributed by atoms with Gasteiger partial charge in [-0.25, -0.2) is 4.98 Å². The van der Waals surface area contributed by atoms with E-state index >= 15 is 0 Å². The average molecular weight is 263 g/mol. The molecule has 0 bridgehead atoms. The Hall–Kier alpha value is -2.15. The highest BCUT2D eigenvalue weighted by Crippen LogP contribution is 2.05. The molecule has 0 fully saturated rings. The van der Waals surface area contributed by atoms with Gasteiger partial charge in [0.1, 0.15) is 6.04 Å². The Bertz CT molecular complexity index is 520. The van der Waals surface area contributed by atoms with Crippen molar-refractivity contribution in [2.24, 2.45) is 0 Å². The minimum atomic E-state index is -0.288. The summed E-state index contributed by atoms with van der Waals surface area (Å²) < 4.78 is 6.72. The van der Waals surface area contributed by atoms with E-state index in [2.05, 4.69) is 20.5 Å². The van der Waals surface area contributed by atoms with Crippen LogP contribution in [-0.2, 0) is 22.7 Å². The van der Waals surface area contributed by atoms with Crippen LogP contribution in [0.25, 0.3) is 0 Å². The Morgan fingerprint density at radius 1 is 1.63 bits per heavy atom. The smallest absolute Gasteiger partial charge is 0.243 e. The van der Waals surface area contributed by atoms with E-state index in [4.69, 9.17) is 4.74 Å². The molecule has 2 aromatic heterocycles. The second kappa shape index (κ2) is 6.14. The van der Waals surface area contributed by atoms with Crippen molar-refractivity contribution in [1.82, 2.24) is 25.1 Å². The van der Waals surface area contributed by atoms with Gasteiger partial charge in [-0.15, -0.1) is 0 Å². The van der Waals surface area contributed by atoms with Gasteiger partial charge in [-0.3, -0.25) is 9.89 Å². The number of aromatic nitrogens is 4. The molecule has 1 atom stereocenters. The van der Waals surface area contributed by atoms with Crippen molar-refractivity contribution in [2.45, 2.75) is 26.1 Å². The number of methoxy groups -OCH3 is 1. The molecule has 2 rings (SSSR count). The monoisotopic (exact) mass is 263 g/mol. The van der Waals surface area contributed by atoms with E-state index in [1.165, 1.54) is 0 Å². The molecule has 7 heteroatoms. The van der Waals surface area contributed by atoms with Gasteiger partial charge in [-0.2, -0.15) is 5.10 Å². The summed E-state index contributed by atoms with van der Waals surface area (Å²) >= 11 is 0. The SMILES string of the molecule is COCc1cc(CNC(=O)C(C)n2ccnc2)[nH]n1. The summed E-state index contributed by atoms with van der Waals surface area (Å²) in [6.45, 7) is 2.69. The fraction of sp³-hybridized carbons (Fsp3) is 0.417. The van der Waals surface area contributed by atoms with E-state index < -0.39 is 0 Å². The number of ether oxygens (including phenoxy) is 1. The Morgan fingerprint density at radius 2 is 2.47 bits per heavy atom. The molecule has 102 valence electrons. The maximum Gasteiger partial charge on any atom is 0.243 e. The van der Waals surface area contributed by atoms with Gasteiger partial charge in [0, 0.05) is 19.5 Å². The molecule has 0 saturated carbocycles. The number of rotatable bonds is 6. The van der Waals surface area contributed by atoms with Crippen molar-refractivity contribution >= 4 is 5.91 Å². The number of H-pyrrole nitrogens is 1. The zero-order chi connectivity index (χ0) is 13.7. The van der Waals surface area contributed by atoms with Crippen LogP contribution in [0.15, 0.2) is 24.8 Å². The topological polar surface area (TPSA) is 84.8 Å². The number of carbonyl (C=O) groups excluding carboxylic acids is 1. The quantitative estimate of drug-likeness (QED) is 0.800. The summed E-state index contributed by atoms with van der Waals surface area (Å²) in [5.41, 5.74) is 1.66. The highest BCUT2D eigenvalue weighted by molar-refractivity contribution is 5.79. The zero-order valence-electron chi connectivity index (χ0n) is 11.0. The lowest BCUT2D eigenvalue weighted by Gasteiger charge is -2.12. The third-order valence-electron chi connectivity index (χ3n) is 2.78. The lowest BCUT2D eigenvalue weighted by Crippen LogP contribution is -2.30. The molecule has 0 saturated heterocycles. The standard InChI is InChI=1S/C12H17N5O2/c1-9(17-4-3-13-8-17)12(18)14-6-10-5-11(7-19-2)16-15-10/h3-5,8-9H,6-7H2,1-2H3,(H,14,18)(H,15,16). The van der Waals surface area contributed by atoms with E-state index in [-0.39, 0.29) is 11.9 Å². The van der Waals surface area contributed by atoms with Crippen LogP contribution in [0.4, 0.5) is 0 Å². The van der Waals surface area contributed by atoms with Crippen molar-refractivity contribution in [3.63, 3.8) is 0 Å². The molecule has 0 spiro atoms. The summed E-state index contributed by atoms with van der Waals surface area (Å²) in [7, 11) is 1.61. The predicted molar refractivity (Wildman–Crippen MR) is 68.1 cm³/mol. The van der Waals surface area contributed by atoms with E-state index in [1.807, 2.05) is 13.0 Å². The maximum absolute atomic E-state index is 11.9. The number of hydrogen-bond donors (Lipinski definition) is 2. The van der Waals surface area contributed by atoms with E-state index in [0.29, 0.717) is 13.2 Å². The molecule has 0 aliphatic heterocycles. The van der Waals surface area contributed by atoms with Crippen LogP contribution < -0.4 is 5.32 Å². The van der Waals surface area contributed by atoms with Crippen LogP contribution in [0.5, 0.6) is 0 Å².